The van der Waals surface area contributed by atoms with Crippen LogP contribution in [0.5, 0.6) is 0 Å². The Kier molecular flexibility index (Phi) is 4.16. The lowest BCUT2D eigenvalue weighted by molar-refractivity contribution is 1.22. The summed E-state index contributed by atoms with van der Waals surface area (Å²) in [5, 5.41) is 9.74. The fourth-order valence-corrected chi connectivity index (χ4v) is 2.25. The Bertz CT molecular complexity index is 678. The Morgan fingerprint density at radius 1 is 1.21 bits per heavy atom. The first-order valence-corrected chi connectivity index (χ1v) is 6.43. The maximum absolute atomic E-state index is 8.75. The van der Waals surface area contributed by atoms with Crippen molar-refractivity contribution in [3.05, 3.63) is 45.0 Å². The van der Waals surface area contributed by atoms with Gasteiger partial charge in [0.25, 0.3) is 0 Å². The van der Waals surface area contributed by atoms with Crippen LogP contribution in [0.3, 0.4) is 0 Å². The predicted molar refractivity (Wildman–Crippen MR) is 78.4 cm³/mol. The highest BCUT2D eigenvalue weighted by molar-refractivity contribution is 6.49. The summed E-state index contributed by atoms with van der Waals surface area (Å²) in [6, 6.07) is 7.15. The number of nitrogens with zero attached hydrogens (tertiary/aromatic N) is 2. The molecule has 0 radical (unpaired) electrons. The fourth-order valence-electron chi connectivity index (χ4n) is 1.62. The van der Waals surface area contributed by atoms with Crippen molar-refractivity contribution < 1.29 is 0 Å². The van der Waals surface area contributed by atoms with E-state index >= 15 is 0 Å². The van der Waals surface area contributed by atoms with Crippen molar-refractivity contribution in [1.82, 2.24) is 4.98 Å². The van der Waals surface area contributed by atoms with E-state index in [0.717, 1.165) is 0 Å². The normalized spacial score (nSPS) is 10.2. The zero-order chi connectivity index (χ0) is 14.0. The van der Waals surface area contributed by atoms with E-state index in [9.17, 15) is 0 Å². The zero-order valence-electron chi connectivity index (χ0n) is 9.62. The Labute approximate surface area is 125 Å². The molecule has 0 atom stereocenters. The van der Waals surface area contributed by atoms with Gasteiger partial charge in [0.15, 0.2) is 0 Å². The van der Waals surface area contributed by atoms with E-state index in [0.29, 0.717) is 32.6 Å². The van der Waals surface area contributed by atoms with Crippen LogP contribution in [0.15, 0.2) is 24.4 Å². The van der Waals surface area contributed by atoms with E-state index < -0.39 is 0 Å². The van der Waals surface area contributed by atoms with Crippen LogP contribution < -0.4 is 5.73 Å². The minimum atomic E-state index is 0.209. The highest BCUT2D eigenvalue weighted by Crippen LogP contribution is 2.37. The average Bonchev–Trinajstić information content (AvgIpc) is 2.39. The van der Waals surface area contributed by atoms with Crippen LogP contribution in [0.2, 0.25) is 15.1 Å². The molecule has 0 aliphatic rings. The molecule has 6 heteroatoms. The molecule has 0 saturated carbocycles. The molecule has 0 aliphatic carbocycles. The molecule has 2 N–H and O–H groups in total. The molecule has 2 aromatic rings. The summed E-state index contributed by atoms with van der Waals surface area (Å²) in [6.45, 7) is 0. The monoisotopic (exact) mass is 311 g/mol. The van der Waals surface area contributed by atoms with Gasteiger partial charge >= 0.3 is 0 Å². The third-order valence-corrected chi connectivity index (χ3v) is 3.90. The summed E-state index contributed by atoms with van der Waals surface area (Å²) in [5.41, 5.74) is 8.18. The third kappa shape index (κ3) is 2.76. The second-order valence-corrected chi connectivity index (χ2v) is 4.99. The molecule has 19 heavy (non-hydrogen) atoms. The number of hydrogen-bond donors (Lipinski definition) is 1. The molecular weight excluding hydrogens is 305 g/mol. The predicted octanol–water partition coefficient (Wildman–Crippen LogP) is 4.36. The van der Waals surface area contributed by atoms with Crippen molar-refractivity contribution in [3.63, 3.8) is 0 Å². The number of rotatable bonds is 2. The Hall–Kier alpha value is -1.47. The molecule has 0 spiro atoms. The van der Waals surface area contributed by atoms with Crippen molar-refractivity contribution in [2.75, 3.05) is 5.73 Å². The lowest BCUT2D eigenvalue weighted by Crippen LogP contribution is -1.96. The summed E-state index contributed by atoms with van der Waals surface area (Å²) in [5.74, 6) is 0. The number of hydrogen-bond acceptors (Lipinski definition) is 3. The van der Waals surface area contributed by atoms with E-state index in [-0.39, 0.29) is 11.4 Å². The zero-order valence-corrected chi connectivity index (χ0v) is 11.9. The minimum Gasteiger partial charge on any atom is -0.397 e. The SMILES string of the molecule is N#CCc1cc(-c2ccc(Cl)c(Cl)c2Cl)ncc1N. The Morgan fingerprint density at radius 2 is 1.95 bits per heavy atom. The maximum atomic E-state index is 8.75. The van der Waals surface area contributed by atoms with E-state index in [2.05, 4.69) is 11.1 Å². The topological polar surface area (TPSA) is 62.7 Å². The Morgan fingerprint density at radius 3 is 2.63 bits per heavy atom. The van der Waals surface area contributed by atoms with Gasteiger partial charge in [-0.2, -0.15) is 5.26 Å². The molecule has 0 unspecified atom stereocenters. The summed E-state index contributed by atoms with van der Waals surface area (Å²) < 4.78 is 0. The average molecular weight is 313 g/mol. The van der Waals surface area contributed by atoms with Gasteiger partial charge in [-0.15, -0.1) is 0 Å². The summed E-state index contributed by atoms with van der Waals surface area (Å²) in [4.78, 5) is 4.20. The van der Waals surface area contributed by atoms with E-state index in [1.54, 1.807) is 18.2 Å². The molecule has 2 rings (SSSR count). The van der Waals surface area contributed by atoms with Crippen molar-refractivity contribution in [2.45, 2.75) is 6.42 Å². The fraction of sp³-hybridized carbons (Fsp3) is 0.0769. The molecule has 0 fully saturated rings. The van der Waals surface area contributed by atoms with Gasteiger partial charge in [-0.3, -0.25) is 4.98 Å². The van der Waals surface area contributed by atoms with Gasteiger partial charge in [0.2, 0.25) is 0 Å². The van der Waals surface area contributed by atoms with E-state index in [4.69, 9.17) is 45.8 Å². The standard InChI is InChI=1S/C13H8Cl3N3/c14-9-2-1-8(12(15)13(9)16)11-5-7(3-4-17)10(18)6-19-11/h1-2,5-6H,3,18H2. The maximum Gasteiger partial charge on any atom is 0.0785 e. The smallest absolute Gasteiger partial charge is 0.0785 e. The number of nitrogen functional groups attached to an aromatic ring is 1. The number of nitrogens with two attached hydrogens (primary N) is 1. The molecule has 1 aromatic heterocycles. The van der Waals surface area contributed by atoms with Crippen molar-refractivity contribution >= 4 is 40.5 Å². The number of nitriles is 1. The highest BCUT2D eigenvalue weighted by atomic mass is 35.5. The lowest BCUT2D eigenvalue weighted by atomic mass is 10.1. The molecule has 0 amide bonds. The summed E-state index contributed by atoms with van der Waals surface area (Å²) in [6.07, 6.45) is 1.71. The van der Waals surface area contributed by atoms with Crippen LogP contribution >= 0.6 is 34.8 Å². The largest absolute Gasteiger partial charge is 0.397 e. The molecule has 0 bridgehead atoms. The highest BCUT2D eigenvalue weighted by Gasteiger charge is 2.12. The van der Waals surface area contributed by atoms with Gasteiger partial charge in [0.1, 0.15) is 0 Å². The number of aromatic nitrogens is 1. The first kappa shape index (κ1) is 14.0. The first-order chi connectivity index (χ1) is 9.04. The summed E-state index contributed by atoms with van der Waals surface area (Å²) >= 11 is 18.0. The van der Waals surface area contributed by atoms with Crippen LogP contribution in [0.1, 0.15) is 5.56 Å². The van der Waals surface area contributed by atoms with Crippen molar-refractivity contribution in [1.29, 1.82) is 5.26 Å². The van der Waals surface area contributed by atoms with E-state index in [1.807, 2.05) is 0 Å². The van der Waals surface area contributed by atoms with Crippen LogP contribution in [0, 0.1) is 11.3 Å². The number of benzene rings is 1. The number of pyridine rings is 1. The van der Waals surface area contributed by atoms with Crippen LogP contribution in [-0.2, 0) is 6.42 Å². The van der Waals surface area contributed by atoms with E-state index in [1.165, 1.54) is 6.20 Å². The van der Waals surface area contributed by atoms with Crippen LogP contribution in [0.25, 0.3) is 11.3 Å². The lowest BCUT2D eigenvalue weighted by Gasteiger charge is -2.09. The van der Waals surface area contributed by atoms with Gasteiger partial charge < -0.3 is 5.73 Å². The molecule has 1 aromatic carbocycles. The van der Waals surface area contributed by atoms with Crippen LogP contribution in [-0.4, -0.2) is 4.98 Å². The quantitative estimate of drug-likeness (QED) is 0.838. The molecular formula is C13H8Cl3N3. The summed E-state index contributed by atoms with van der Waals surface area (Å²) in [7, 11) is 0. The van der Waals surface area contributed by atoms with Gasteiger partial charge in [-0.25, -0.2) is 0 Å². The molecule has 0 aliphatic heterocycles. The molecule has 3 nitrogen and oxygen atoms in total. The van der Waals surface area contributed by atoms with Gasteiger partial charge in [0.05, 0.1) is 45.1 Å². The van der Waals surface area contributed by atoms with Crippen molar-refractivity contribution in [3.8, 4) is 17.3 Å². The second-order valence-electron chi connectivity index (χ2n) is 3.83. The third-order valence-electron chi connectivity index (χ3n) is 2.61. The van der Waals surface area contributed by atoms with Crippen molar-refractivity contribution in [2.24, 2.45) is 0 Å². The number of halogens is 3. The molecule has 96 valence electrons. The van der Waals surface area contributed by atoms with Crippen LogP contribution in [0.4, 0.5) is 5.69 Å². The van der Waals surface area contributed by atoms with Gasteiger partial charge in [-0.1, -0.05) is 34.8 Å². The minimum absolute atomic E-state index is 0.209. The number of anilines is 1. The second kappa shape index (κ2) is 5.66. The molecule has 0 saturated heterocycles. The first-order valence-electron chi connectivity index (χ1n) is 5.29. The Balaban J connectivity index is 2.57. The van der Waals surface area contributed by atoms with Gasteiger partial charge in [-0.05, 0) is 23.8 Å². The molecule has 1 heterocycles. The van der Waals surface area contributed by atoms with Gasteiger partial charge in [0, 0.05) is 5.56 Å².